The Balaban J connectivity index is 1.59. The molecule has 6 heteroatoms. The highest BCUT2D eigenvalue weighted by atomic mass is 16.5. The van der Waals surface area contributed by atoms with Gasteiger partial charge in [0.2, 0.25) is 5.91 Å². The first-order chi connectivity index (χ1) is 12.7. The molecule has 0 N–H and O–H groups in total. The van der Waals surface area contributed by atoms with Crippen molar-refractivity contribution in [2.75, 3.05) is 53.0 Å². The van der Waals surface area contributed by atoms with Gasteiger partial charge in [-0.2, -0.15) is 0 Å². The zero-order valence-corrected chi connectivity index (χ0v) is 15.5. The van der Waals surface area contributed by atoms with Gasteiger partial charge >= 0.3 is 5.97 Å². The van der Waals surface area contributed by atoms with Crippen molar-refractivity contribution in [3.05, 3.63) is 35.4 Å². The van der Waals surface area contributed by atoms with Crippen LogP contribution in [0, 0.1) is 0 Å². The molecule has 2 aliphatic rings. The smallest absolute Gasteiger partial charge is 0.337 e. The van der Waals surface area contributed by atoms with Crippen molar-refractivity contribution in [2.45, 2.75) is 25.2 Å². The summed E-state index contributed by atoms with van der Waals surface area (Å²) in [5.74, 6) is -0.259. The summed E-state index contributed by atoms with van der Waals surface area (Å²) in [5, 5.41) is 0. The van der Waals surface area contributed by atoms with Crippen LogP contribution in [0.5, 0.6) is 0 Å². The highest BCUT2D eigenvalue weighted by Crippen LogP contribution is 2.28. The third kappa shape index (κ3) is 4.62. The predicted molar refractivity (Wildman–Crippen MR) is 98.2 cm³/mol. The summed E-state index contributed by atoms with van der Waals surface area (Å²) < 4.78 is 10.2. The lowest BCUT2D eigenvalue weighted by Gasteiger charge is -2.34. The molecule has 0 radical (unpaired) electrons. The molecule has 0 bridgehead atoms. The maximum Gasteiger partial charge on any atom is 0.337 e. The van der Waals surface area contributed by atoms with Gasteiger partial charge in [-0.25, -0.2) is 4.79 Å². The van der Waals surface area contributed by atoms with Crippen LogP contribution in [0.1, 0.15) is 41.1 Å². The Morgan fingerprint density at radius 3 is 2.69 bits per heavy atom. The Kier molecular flexibility index (Phi) is 6.63. The summed E-state index contributed by atoms with van der Waals surface area (Å²) in [6.07, 6.45) is 2.94. The van der Waals surface area contributed by atoms with Crippen molar-refractivity contribution in [3.63, 3.8) is 0 Å². The van der Waals surface area contributed by atoms with Crippen LogP contribution in [0.25, 0.3) is 0 Å². The van der Waals surface area contributed by atoms with E-state index in [2.05, 4.69) is 4.90 Å². The molecule has 1 atom stereocenters. The summed E-state index contributed by atoms with van der Waals surface area (Å²) in [7, 11) is 1.37. The van der Waals surface area contributed by atoms with Crippen LogP contribution in [0.3, 0.4) is 0 Å². The number of piperidine rings is 1. The monoisotopic (exact) mass is 360 g/mol. The Morgan fingerprint density at radius 2 is 1.92 bits per heavy atom. The number of likely N-dealkylation sites (tertiary alicyclic amines) is 1. The number of ether oxygens (including phenoxy) is 2. The molecule has 0 saturated carbocycles. The summed E-state index contributed by atoms with van der Waals surface area (Å²) >= 11 is 0. The third-order valence-electron chi connectivity index (χ3n) is 5.27. The molecular formula is C20H28N2O4. The first-order valence-electron chi connectivity index (χ1n) is 9.46. The summed E-state index contributed by atoms with van der Waals surface area (Å²) in [4.78, 5) is 28.9. The molecule has 26 heavy (non-hydrogen) atoms. The second-order valence-corrected chi connectivity index (χ2v) is 6.94. The molecule has 1 aromatic rings. The fourth-order valence-corrected chi connectivity index (χ4v) is 3.72. The first kappa shape index (κ1) is 18.9. The van der Waals surface area contributed by atoms with Gasteiger partial charge in [0.15, 0.2) is 0 Å². The van der Waals surface area contributed by atoms with Gasteiger partial charge in [-0.15, -0.1) is 0 Å². The lowest BCUT2D eigenvalue weighted by molar-refractivity contribution is -0.135. The molecule has 1 aromatic carbocycles. The molecule has 0 aliphatic carbocycles. The number of esters is 1. The number of methoxy groups -OCH3 is 1. The number of hydrogen-bond acceptors (Lipinski definition) is 5. The van der Waals surface area contributed by atoms with E-state index in [-0.39, 0.29) is 17.8 Å². The van der Waals surface area contributed by atoms with Gasteiger partial charge < -0.3 is 14.4 Å². The molecule has 6 nitrogen and oxygen atoms in total. The number of rotatable bonds is 5. The van der Waals surface area contributed by atoms with E-state index in [0.717, 1.165) is 70.8 Å². The Bertz CT molecular complexity index is 609. The molecule has 1 unspecified atom stereocenters. The van der Waals surface area contributed by atoms with E-state index in [1.807, 2.05) is 17.0 Å². The van der Waals surface area contributed by atoms with Crippen molar-refractivity contribution in [2.24, 2.45) is 0 Å². The molecule has 2 fully saturated rings. The maximum absolute atomic E-state index is 12.9. The van der Waals surface area contributed by atoms with E-state index >= 15 is 0 Å². The Labute approximate surface area is 155 Å². The number of amides is 1. The molecule has 1 amide bonds. The van der Waals surface area contributed by atoms with E-state index in [9.17, 15) is 9.59 Å². The minimum Gasteiger partial charge on any atom is -0.465 e. The van der Waals surface area contributed by atoms with E-state index in [4.69, 9.17) is 9.47 Å². The van der Waals surface area contributed by atoms with Crippen LogP contribution in [-0.2, 0) is 14.3 Å². The highest BCUT2D eigenvalue weighted by molar-refractivity contribution is 5.90. The lowest BCUT2D eigenvalue weighted by Crippen LogP contribution is -2.44. The highest BCUT2D eigenvalue weighted by Gasteiger charge is 2.30. The second-order valence-electron chi connectivity index (χ2n) is 6.94. The number of carbonyl (C=O) groups is 2. The maximum atomic E-state index is 12.9. The summed E-state index contributed by atoms with van der Waals surface area (Å²) in [5.41, 5.74) is 1.50. The molecule has 2 aliphatic heterocycles. The van der Waals surface area contributed by atoms with Crippen LogP contribution in [-0.4, -0.2) is 74.7 Å². The van der Waals surface area contributed by atoms with Crippen LogP contribution in [0.2, 0.25) is 0 Å². The van der Waals surface area contributed by atoms with Crippen LogP contribution in [0.4, 0.5) is 0 Å². The largest absolute Gasteiger partial charge is 0.465 e. The van der Waals surface area contributed by atoms with Crippen molar-refractivity contribution in [3.8, 4) is 0 Å². The van der Waals surface area contributed by atoms with Crippen molar-refractivity contribution < 1.29 is 19.1 Å². The van der Waals surface area contributed by atoms with Gasteiger partial charge in [0, 0.05) is 39.3 Å². The molecule has 142 valence electrons. The third-order valence-corrected chi connectivity index (χ3v) is 5.27. The minimum absolute atomic E-state index is 0.108. The first-order valence-corrected chi connectivity index (χ1v) is 9.46. The van der Waals surface area contributed by atoms with Crippen LogP contribution in [0.15, 0.2) is 24.3 Å². The number of benzene rings is 1. The average molecular weight is 360 g/mol. The molecule has 3 rings (SSSR count). The molecular weight excluding hydrogens is 332 g/mol. The van der Waals surface area contributed by atoms with Crippen LogP contribution < -0.4 is 0 Å². The number of nitrogens with zero attached hydrogens (tertiary/aromatic N) is 2. The minimum atomic E-state index is -0.352. The zero-order chi connectivity index (χ0) is 18.4. The van der Waals surface area contributed by atoms with Crippen molar-refractivity contribution in [1.82, 2.24) is 9.80 Å². The van der Waals surface area contributed by atoms with Gasteiger partial charge in [-0.3, -0.25) is 9.69 Å². The Hall–Kier alpha value is -1.92. The standard InChI is InChI=1S/C20H28N2O4/c1-25-20(24)17-7-5-16(6-8-17)18-4-2-10-22(19(18)23)12-11-21-9-3-14-26-15-13-21/h5-8,18H,2-4,9-15H2,1H3. The van der Waals surface area contributed by atoms with Gasteiger partial charge in [0.25, 0.3) is 0 Å². The van der Waals surface area contributed by atoms with Crippen LogP contribution >= 0.6 is 0 Å². The zero-order valence-electron chi connectivity index (χ0n) is 15.5. The second kappa shape index (κ2) is 9.14. The summed E-state index contributed by atoms with van der Waals surface area (Å²) in [6, 6.07) is 7.24. The fourth-order valence-electron chi connectivity index (χ4n) is 3.72. The SMILES string of the molecule is COC(=O)c1ccc(C2CCCN(CCN3CCCOCC3)C2=O)cc1. The van der Waals surface area contributed by atoms with Gasteiger partial charge in [-0.1, -0.05) is 12.1 Å². The molecule has 2 heterocycles. The Morgan fingerprint density at radius 1 is 1.12 bits per heavy atom. The van der Waals surface area contributed by atoms with Crippen molar-refractivity contribution in [1.29, 1.82) is 0 Å². The fraction of sp³-hybridized carbons (Fsp3) is 0.600. The molecule has 0 aromatic heterocycles. The number of hydrogen-bond donors (Lipinski definition) is 0. The quantitative estimate of drug-likeness (QED) is 0.751. The average Bonchev–Trinajstić information content (AvgIpc) is 2.95. The van der Waals surface area contributed by atoms with Gasteiger partial charge in [0.1, 0.15) is 0 Å². The normalized spacial score (nSPS) is 22.1. The van der Waals surface area contributed by atoms with Gasteiger partial charge in [-0.05, 0) is 37.0 Å². The van der Waals surface area contributed by atoms with E-state index in [0.29, 0.717) is 5.56 Å². The molecule has 0 spiro atoms. The molecule has 2 saturated heterocycles. The van der Waals surface area contributed by atoms with Gasteiger partial charge in [0.05, 0.1) is 25.2 Å². The topological polar surface area (TPSA) is 59.1 Å². The summed E-state index contributed by atoms with van der Waals surface area (Å²) in [6.45, 7) is 6.12. The van der Waals surface area contributed by atoms with E-state index in [1.54, 1.807) is 12.1 Å². The predicted octanol–water partition coefficient (Wildman–Crippen LogP) is 1.90. The van der Waals surface area contributed by atoms with E-state index in [1.165, 1.54) is 7.11 Å². The van der Waals surface area contributed by atoms with Crippen molar-refractivity contribution >= 4 is 11.9 Å². The van der Waals surface area contributed by atoms with E-state index < -0.39 is 0 Å². The number of carbonyl (C=O) groups excluding carboxylic acids is 2. The lowest BCUT2D eigenvalue weighted by atomic mass is 9.89.